The molecule has 0 saturated carbocycles. The van der Waals surface area contributed by atoms with E-state index in [0.29, 0.717) is 5.47 Å². The molecular weight excluding hydrogens is 405 g/mol. The maximum Gasteiger partial charge on any atom is 0.492 e. The summed E-state index contributed by atoms with van der Waals surface area (Å²) < 4.78 is 17.3. The molecule has 0 spiro atoms. The average Bonchev–Trinajstić information content (AvgIpc) is 2.79. The lowest BCUT2D eigenvalue weighted by Gasteiger charge is -2.32. The molecule has 1 aliphatic rings. The van der Waals surface area contributed by atoms with E-state index >= 15 is 0 Å². The van der Waals surface area contributed by atoms with Crippen LogP contribution >= 0.6 is 0 Å². The fourth-order valence-corrected chi connectivity index (χ4v) is 2.76. The fourth-order valence-electron chi connectivity index (χ4n) is 2.76. The van der Waals surface area contributed by atoms with Gasteiger partial charge in [0.15, 0.2) is 0 Å². The van der Waals surface area contributed by atoms with Gasteiger partial charge in [0.25, 0.3) is 0 Å². The molecule has 1 saturated heterocycles. The summed E-state index contributed by atoms with van der Waals surface area (Å²) in [6, 6.07) is 2.05. The van der Waals surface area contributed by atoms with Crippen molar-refractivity contribution in [3.05, 3.63) is 28.7 Å². The minimum Gasteiger partial charge on any atom is -0.507 e. The molecule has 0 bridgehead atoms. The molecular formula is C21H30BNO8. The lowest BCUT2D eigenvalue weighted by atomic mass is 9.76. The molecule has 4 N–H and O–H groups in total. The first-order valence-corrected chi connectivity index (χ1v) is 9.84. The number of carbonyl (C=O) groups is 2. The summed E-state index contributed by atoms with van der Waals surface area (Å²) >= 11 is 0. The lowest BCUT2D eigenvalue weighted by molar-refractivity contribution is 0.00578. The van der Waals surface area contributed by atoms with Gasteiger partial charge in [0, 0.05) is 6.54 Å². The van der Waals surface area contributed by atoms with Gasteiger partial charge >= 0.3 is 19.2 Å². The van der Waals surface area contributed by atoms with Crippen molar-refractivity contribution in [3.63, 3.8) is 0 Å². The number of carboxylic acids is 1. The van der Waals surface area contributed by atoms with Crippen molar-refractivity contribution in [2.24, 2.45) is 0 Å². The Morgan fingerprint density at radius 1 is 1.10 bits per heavy atom. The molecule has 1 aromatic rings. The highest BCUT2D eigenvalue weighted by molar-refractivity contribution is 6.56. The van der Waals surface area contributed by atoms with Crippen LogP contribution < -0.4 is 5.32 Å². The summed E-state index contributed by atoms with van der Waals surface area (Å²) in [6.45, 7) is 12.6. The van der Waals surface area contributed by atoms with Crippen LogP contribution in [-0.2, 0) is 14.0 Å². The Balaban J connectivity index is 2.41. The third-order valence-corrected chi connectivity index (χ3v) is 5.10. The Bertz CT molecular complexity index is 862. The predicted molar refractivity (Wildman–Crippen MR) is 115 cm³/mol. The lowest BCUT2D eigenvalue weighted by Crippen LogP contribution is -2.41. The number of aromatic carboxylic acids is 1. The third-order valence-electron chi connectivity index (χ3n) is 5.10. The smallest absolute Gasteiger partial charge is 0.492 e. The standard InChI is InChI=1S/C21H30BNO8/c1-19(2,3)29-18(28)23-11-13(22-30-20(4,5)21(6,7)31-22)10-14-15(24)8-12(17(26)27)9-16(14)25/h8-10,24-25H,11H2,1-7H3,(H,23,28)(H,26,27). The topological polar surface area (TPSA) is 135 Å². The summed E-state index contributed by atoms with van der Waals surface area (Å²) in [4.78, 5) is 23.3. The average molecular weight is 435 g/mol. The molecule has 1 heterocycles. The Labute approximate surface area is 182 Å². The molecule has 1 fully saturated rings. The summed E-state index contributed by atoms with van der Waals surface area (Å²) in [5, 5.41) is 32.3. The molecule has 9 nitrogen and oxygen atoms in total. The van der Waals surface area contributed by atoms with Gasteiger partial charge in [-0.3, -0.25) is 0 Å². The van der Waals surface area contributed by atoms with Gasteiger partial charge in [-0.05, 0) is 72.1 Å². The van der Waals surface area contributed by atoms with E-state index in [2.05, 4.69) is 5.32 Å². The van der Waals surface area contributed by atoms with Gasteiger partial charge in [-0.15, -0.1) is 0 Å². The second-order valence-electron chi connectivity index (χ2n) is 9.40. The fraction of sp³-hybridized carbons (Fsp3) is 0.524. The number of rotatable bonds is 5. The first-order chi connectivity index (χ1) is 14.0. The molecule has 1 amide bonds. The quantitative estimate of drug-likeness (QED) is 0.518. The SMILES string of the molecule is CC(C)(C)OC(=O)NCC(=Cc1c(O)cc(C(=O)O)cc1O)B1OC(C)(C)C(C)(C)O1. The summed E-state index contributed by atoms with van der Waals surface area (Å²) in [5.41, 5.74) is -1.93. The van der Waals surface area contributed by atoms with Gasteiger partial charge in [-0.1, -0.05) is 0 Å². The first-order valence-electron chi connectivity index (χ1n) is 9.84. The Kier molecular flexibility index (Phi) is 6.68. The number of alkyl carbamates (subject to hydrolysis) is 1. The Hall–Kier alpha value is -2.72. The van der Waals surface area contributed by atoms with E-state index in [1.54, 1.807) is 20.8 Å². The summed E-state index contributed by atoms with van der Waals surface area (Å²) in [7, 11) is -0.891. The van der Waals surface area contributed by atoms with Crippen LogP contribution in [0.1, 0.15) is 64.4 Å². The molecule has 2 rings (SSSR count). The summed E-state index contributed by atoms with van der Waals surface area (Å²) in [5.74, 6) is -2.17. The number of benzene rings is 1. The van der Waals surface area contributed by atoms with Crippen molar-refractivity contribution in [2.75, 3.05) is 6.54 Å². The van der Waals surface area contributed by atoms with Crippen molar-refractivity contribution in [1.82, 2.24) is 5.32 Å². The number of hydrogen-bond donors (Lipinski definition) is 4. The maximum atomic E-state index is 12.1. The van der Waals surface area contributed by atoms with Crippen molar-refractivity contribution < 1.29 is 39.0 Å². The maximum absolute atomic E-state index is 12.1. The monoisotopic (exact) mass is 435 g/mol. The van der Waals surface area contributed by atoms with Crippen LogP contribution in [0.15, 0.2) is 17.6 Å². The van der Waals surface area contributed by atoms with Gasteiger partial charge in [0.2, 0.25) is 0 Å². The summed E-state index contributed by atoms with van der Waals surface area (Å²) in [6.07, 6.45) is 0.736. The van der Waals surface area contributed by atoms with E-state index in [-0.39, 0.29) is 17.7 Å². The Morgan fingerprint density at radius 3 is 2.00 bits per heavy atom. The molecule has 1 aromatic carbocycles. The molecule has 0 aromatic heterocycles. The van der Waals surface area contributed by atoms with E-state index in [9.17, 15) is 19.8 Å². The van der Waals surface area contributed by atoms with Crippen LogP contribution in [0, 0.1) is 0 Å². The second kappa shape index (κ2) is 8.43. The molecule has 10 heteroatoms. The number of aromatic hydroxyl groups is 2. The van der Waals surface area contributed by atoms with Crippen LogP contribution in [0.2, 0.25) is 0 Å². The molecule has 0 atom stereocenters. The van der Waals surface area contributed by atoms with Crippen LogP contribution in [0.5, 0.6) is 11.5 Å². The van der Waals surface area contributed by atoms with E-state index in [1.165, 1.54) is 6.08 Å². The highest BCUT2D eigenvalue weighted by Gasteiger charge is 2.52. The van der Waals surface area contributed by atoms with Gasteiger partial charge < -0.3 is 34.7 Å². The molecule has 31 heavy (non-hydrogen) atoms. The molecule has 170 valence electrons. The zero-order valence-corrected chi connectivity index (χ0v) is 18.9. The van der Waals surface area contributed by atoms with E-state index < -0.39 is 47.5 Å². The van der Waals surface area contributed by atoms with Crippen LogP contribution in [0.4, 0.5) is 4.79 Å². The first kappa shape index (κ1) is 24.6. The van der Waals surface area contributed by atoms with Crippen molar-refractivity contribution in [1.29, 1.82) is 0 Å². The minimum atomic E-state index is -1.29. The number of amides is 1. The van der Waals surface area contributed by atoms with Crippen molar-refractivity contribution in [2.45, 2.75) is 65.3 Å². The van der Waals surface area contributed by atoms with Gasteiger partial charge in [0.05, 0.1) is 22.3 Å². The highest BCUT2D eigenvalue weighted by Crippen LogP contribution is 2.40. The van der Waals surface area contributed by atoms with E-state index in [0.717, 1.165) is 12.1 Å². The van der Waals surface area contributed by atoms with E-state index in [1.807, 2.05) is 27.7 Å². The van der Waals surface area contributed by atoms with Crippen LogP contribution in [-0.4, -0.2) is 57.8 Å². The van der Waals surface area contributed by atoms with Crippen LogP contribution in [0.25, 0.3) is 6.08 Å². The third kappa shape index (κ3) is 5.92. The van der Waals surface area contributed by atoms with E-state index in [4.69, 9.17) is 19.2 Å². The number of phenolic OH excluding ortho intramolecular Hbond substituents is 2. The van der Waals surface area contributed by atoms with Crippen LogP contribution in [0.3, 0.4) is 0 Å². The second-order valence-corrected chi connectivity index (χ2v) is 9.40. The zero-order chi connectivity index (χ0) is 23.8. The highest BCUT2D eigenvalue weighted by atomic mass is 16.7. The number of ether oxygens (including phenoxy) is 1. The predicted octanol–water partition coefficient (Wildman–Crippen LogP) is 3.34. The normalized spacial score (nSPS) is 18.0. The molecule has 0 radical (unpaired) electrons. The molecule has 0 unspecified atom stereocenters. The molecule has 0 aliphatic carbocycles. The van der Waals surface area contributed by atoms with Crippen molar-refractivity contribution >= 4 is 25.3 Å². The number of carboxylic acid groups (broad SMARTS) is 1. The van der Waals surface area contributed by atoms with Crippen molar-refractivity contribution in [3.8, 4) is 11.5 Å². The minimum absolute atomic E-state index is 0.0271. The Morgan fingerprint density at radius 2 is 1.58 bits per heavy atom. The number of hydrogen-bond acceptors (Lipinski definition) is 7. The number of nitrogens with one attached hydrogen (secondary N) is 1. The number of phenols is 2. The largest absolute Gasteiger partial charge is 0.507 e. The van der Waals surface area contributed by atoms with Gasteiger partial charge in [-0.25, -0.2) is 9.59 Å². The zero-order valence-electron chi connectivity index (χ0n) is 18.9. The molecule has 1 aliphatic heterocycles. The number of carbonyl (C=O) groups excluding carboxylic acids is 1. The van der Waals surface area contributed by atoms with Gasteiger partial charge in [-0.2, -0.15) is 0 Å². The van der Waals surface area contributed by atoms with Gasteiger partial charge in [0.1, 0.15) is 17.1 Å².